The van der Waals surface area contributed by atoms with Crippen LogP contribution in [0.4, 0.5) is 0 Å². The first-order valence-electron chi connectivity index (χ1n) is 7.90. The summed E-state index contributed by atoms with van der Waals surface area (Å²) in [5.41, 5.74) is 2.12. The zero-order valence-electron chi connectivity index (χ0n) is 14.6. The fourth-order valence-electron chi connectivity index (χ4n) is 2.33. The molecule has 2 rings (SSSR count). The molecule has 134 valence electrons. The summed E-state index contributed by atoms with van der Waals surface area (Å²) in [5, 5.41) is 2.85. The average Bonchev–Trinajstić information content (AvgIpc) is 2.61. The third-order valence-electron chi connectivity index (χ3n) is 3.63. The molecule has 1 N–H and O–H groups in total. The molecule has 0 aromatic heterocycles. The number of carbonyl (C=O) groups excluding carboxylic acids is 1. The lowest BCUT2D eigenvalue weighted by atomic mass is 10.1. The third-order valence-corrected chi connectivity index (χ3v) is 4.37. The summed E-state index contributed by atoms with van der Waals surface area (Å²) in [4.78, 5) is 11.9. The number of ether oxygens (including phenoxy) is 3. The molecule has 0 atom stereocenters. The summed E-state index contributed by atoms with van der Waals surface area (Å²) in [7, 11) is 3.19. The fourth-order valence-corrected chi connectivity index (χ4v) is 2.85. The van der Waals surface area contributed by atoms with E-state index in [9.17, 15) is 4.79 Å². The Morgan fingerprint density at radius 1 is 1.12 bits per heavy atom. The van der Waals surface area contributed by atoms with Gasteiger partial charge in [0.2, 0.25) is 0 Å². The molecule has 6 heteroatoms. The van der Waals surface area contributed by atoms with Crippen molar-refractivity contribution in [1.82, 2.24) is 5.32 Å². The van der Waals surface area contributed by atoms with Crippen LogP contribution in [-0.4, -0.2) is 33.3 Å². The van der Waals surface area contributed by atoms with Gasteiger partial charge in [-0.25, -0.2) is 0 Å². The van der Waals surface area contributed by atoms with Crippen LogP contribution in [0.15, 0.2) is 40.9 Å². The van der Waals surface area contributed by atoms with Gasteiger partial charge in [-0.15, -0.1) is 0 Å². The monoisotopic (exact) mass is 407 g/mol. The van der Waals surface area contributed by atoms with Crippen LogP contribution < -0.4 is 19.5 Å². The number of aryl methyl sites for hydroxylation is 1. The number of rotatable bonds is 8. The zero-order valence-corrected chi connectivity index (χ0v) is 16.2. The molecule has 0 saturated carbocycles. The Hall–Kier alpha value is -2.21. The Balaban J connectivity index is 1.83. The van der Waals surface area contributed by atoms with Crippen molar-refractivity contribution in [3.05, 3.63) is 52.0 Å². The van der Waals surface area contributed by atoms with Gasteiger partial charge in [0.15, 0.2) is 18.1 Å². The normalized spacial score (nSPS) is 10.2. The minimum absolute atomic E-state index is 0.00342. The van der Waals surface area contributed by atoms with Crippen molar-refractivity contribution in [2.45, 2.75) is 13.3 Å². The van der Waals surface area contributed by atoms with E-state index in [0.29, 0.717) is 30.2 Å². The van der Waals surface area contributed by atoms with Gasteiger partial charge in [-0.2, -0.15) is 0 Å². The van der Waals surface area contributed by atoms with Crippen molar-refractivity contribution in [3.63, 3.8) is 0 Å². The van der Waals surface area contributed by atoms with Crippen LogP contribution in [0.2, 0.25) is 0 Å². The molecule has 0 radical (unpaired) electrons. The van der Waals surface area contributed by atoms with E-state index in [0.717, 1.165) is 15.6 Å². The SMILES string of the molecule is COc1cc(Br)c(CCNC(=O)COc2cccc(C)c2)cc1OC. The first-order chi connectivity index (χ1) is 12.0. The Morgan fingerprint density at radius 2 is 1.84 bits per heavy atom. The molecule has 0 aliphatic rings. The van der Waals surface area contributed by atoms with Gasteiger partial charge >= 0.3 is 0 Å². The summed E-state index contributed by atoms with van der Waals surface area (Å²) in [6.45, 7) is 2.48. The van der Waals surface area contributed by atoms with Crippen LogP contribution in [0, 0.1) is 6.92 Å². The van der Waals surface area contributed by atoms with Crippen LogP contribution in [0.1, 0.15) is 11.1 Å². The lowest BCUT2D eigenvalue weighted by Gasteiger charge is -2.12. The number of hydrogen-bond acceptors (Lipinski definition) is 4. The Kier molecular flexibility index (Phi) is 7.13. The van der Waals surface area contributed by atoms with Crippen molar-refractivity contribution < 1.29 is 19.0 Å². The highest BCUT2D eigenvalue weighted by atomic mass is 79.9. The molecule has 1 amide bonds. The van der Waals surface area contributed by atoms with Crippen LogP contribution in [0.5, 0.6) is 17.2 Å². The number of carbonyl (C=O) groups is 1. The molecule has 0 aliphatic heterocycles. The van der Waals surface area contributed by atoms with Crippen molar-refractivity contribution in [2.24, 2.45) is 0 Å². The van der Waals surface area contributed by atoms with E-state index in [1.165, 1.54) is 0 Å². The fraction of sp³-hybridized carbons (Fsp3) is 0.316. The molecule has 0 unspecified atom stereocenters. The lowest BCUT2D eigenvalue weighted by molar-refractivity contribution is -0.123. The van der Waals surface area contributed by atoms with Crippen molar-refractivity contribution in [1.29, 1.82) is 0 Å². The van der Waals surface area contributed by atoms with E-state index < -0.39 is 0 Å². The maximum absolute atomic E-state index is 11.9. The van der Waals surface area contributed by atoms with Gasteiger partial charge in [0.25, 0.3) is 5.91 Å². The number of halogens is 1. The Morgan fingerprint density at radius 3 is 2.52 bits per heavy atom. The largest absolute Gasteiger partial charge is 0.493 e. The van der Waals surface area contributed by atoms with E-state index in [-0.39, 0.29) is 12.5 Å². The Labute approximate surface area is 156 Å². The molecular weight excluding hydrogens is 386 g/mol. The summed E-state index contributed by atoms with van der Waals surface area (Å²) >= 11 is 3.51. The predicted molar refractivity (Wildman–Crippen MR) is 101 cm³/mol. The molecule has 0 bridgehead atoms. The molecule has 5 nitrogen and oxygen atoms in total. The number of methoxy groups -OCH3 is 2. The van der Waals surface area contributed by atoms with Crippen LogP contribution in [-0.2, 0) is 11.2 Å². The summed E-state index contributed by atoms with van der Waals surface area (Å²) in [6.07, 6.45) is 0.664. The average molecular weight is 408 g/mol. The molecular formula is C19H22BrNO4. The number of benzene rings is 2. The number of amides is 1. The van der Waals surface area contributed by atoms with Crippen LogP contribution in [0.25, 0.3) is 0 Å². The van der Waals surface area contributed by atoms with E-state index >= 15 is 0 Å². The second kappa shape index (κ2) is 9.32. The van der Waals surface area contributed by atoms with E-state index in [1.807, 2.05) is 43.3 Å². The molecule has 25 heavy (non-hydrogen) atoms. The molecule has 0 saturated heterocycles. The van der Waals surface area contributed by atoms with Crippen molar-refractivity contribution in [2.75, 3.05) is 27.4 Å². The van der Waals surface area contributed by atoms with Crippen LogP contribution >= 0.6 is 15.9 Å². The molecule has 0 heterocycles. The van der Waals surface area contributed by atoms with Gasteiger partial charge in [-0.05, 0) is 48.7 Å². The highest BCUT2D eigenvalue weighted by molar-refractivity contribution is 9.10. The smallest absolute Gasteiger partial charge is 0.257 e. The second-order valence-electron chi connectivity index (χ2n) is 5.50. The van der Waals surface area contributed by atoms with Crippen molar-refractivity contribution >= 4 is 21.8 Å². The summed E-state index contributed by atoms with van der Waals surface area (Å²) in [6, 6.07) is 11.4. The van der Waals surface area contributed by atoms with Gasteiger partial charge in [-0.1, -0.05) is 28.1 Å². The second-order valence-corrected chi connectivity index (χ2v) is 6.36. The predicted octanol–water partition coefficient (Wildman–Crippen LogP) is 3.51. The summed E-state index contributed by atoms with van der Waals surface area (Å²) < 4.78 is 17.0. The third kappa shape index (κ3) is 5.67. The quantitative estimate of drug-likeness (QED) is 0.727. The first kappa shape index (κ1) is 19.1. The minimum Gasteiger partial charge on any atom is -0.493 e. The topological polar surface area (TPSA) is 56.8 Å². The van der Waals surface area contributed by atoms with E-state index in [2.05, 4.69) is 21.2 Å². The molecule has 2 aromatic carbocycles. The van der Waals surface area contributed by atoms with E-state index in [4.69, 9.17) is 14.2 Å². The Bertz CT molecular complexity index is 733. The van der Waals surface area contributed by atoms with Gasteiger partial charge in [0.05, 0.1) is 14.2 Å². The summed E-state index contributed by atoms with van der Waals surface area (Å²) in [5.74, 6) is 1.86. The zero-order chi connectivity index (χ0) is 18.2. The maximum atomic E-state index is 11.9. The minimum atomic E-state index is -0.155. The molecule has 2 aromatic rings. The van der Waals surface area contributed by atoms with Gasteiger partial charge in [-0.3, -0.25) is 4.79 Å². The molecule has 0 fully saturated rings. The van der Waals surface area contributed by atoms with Gasteiger partial charge in [0, 0.05) is 11.0 Å². The highest BCUT2D eigenvalue weighted by Gasteiger charge is 2.10. The van der Waals surface area contributed by atoms with Crippen LogP contribution in [0.3, 0.4) is 0 Å². The number of hydrogen-bond donors (Lipinski definition) is 1. The van der Waals surface area contributed by atoms with Gasteiger partial charge < -0.3 is 19.5 Å². The highest BCUT2D eigenvalue weighted by Crippen LogP contribution is 2.33. The van der Waals surface area contributed by atoms with E-state index in [1.54, 1.807) is 14.2 Å². The molecule has 0 spiro atoms. The van der Waals surface area contributed by atoms with Crippen molar-refractivity contribution in [3.8, 4) is 17.2 Å². The number of nitrogens with one attached hydrogen (secondary N) is 1. The lowest BCUT2D eigenvalue weighted by Crippen LogP contribution is -2.30. The standard InChI is InChI=1S/C19H22BrNO4/c1-13-5-4-6-15(9-13)25-12-19(22)21-8-7-14-10-17(23-2)18(24-3)11-16(14)20/h4-6,9-11H,7-8,12H2,1-3H3,(H,21,22). The first-order valence-corrected chi connectivity index (χ1v) is 8.69. The van der Waals surface area contributed by atoms with Gasteiger partial charge in [0.1, 0.15) is 5.75 Å². The molecule has 0 aliphatic carbocycles. The maximum Gasteiger partial charge on any atom is 0.257 e.